The highest BCUT2D eigenvalue weighted by Gasteiger charge is 2.19. The van der Waals surface area contributed by atoms with Crippen LogP contribution in [0.5, 0.6) is 11.5 Å². The molecule has 2 N–H and O–H groups in total. The molecule has 3 aromatic rings. The molecule has 0 aliphatic heterocycles. The van der Waals surface area contributed by atoms with Crippen molar-refractivity contribution < 1.29 is 16.2 Å². The molecule has 0 bridgehead atoms. The molecule has 0 atom stereocenters. The van der Waals surface area contributed by atoms with Gasteiger partial charge in [-0.15, -0.1) is 0 Å². The predicted octanol–water partition coefficient (Wildman–Crippen LogP) is 3.97. The van der Waals surface area contributed by atoms with Crippen LogP contribution in [0, 0.1) is 6.92 Å². The van der Waals surface area contributed by atoms with E-state index in [4.69, 9.17) is 4.52 Å². The molecule has 1 aromatic heterocycles. The second kappa shape index (κ2) is 4.74. The van der Waals surface area contributed by atoms with E-state index < -0.39 is 0 Å². The molecule has 0 aliphatic carbocycles. The van der Waals surface area contributed by atoms with Crippen molar-refractivity contribution in [1.29, 1.82) is 0 Å². The molecule has 0 amide bonds. The third-order valence-corrected chi connectivity index (χ3v) is 3.15. The van der Waals surface area contributed by atoms with E-state index in [9.17, 15) is 10.2 Å². The van der Waals surface area contributed by atoms with E-state index in [2.05, 4.69) is 5.16 Å². The fraction of sp³-hybridized carbons (Fsp3) is 0.0625. The zero-order valence-corrected chi connectivity index (χ0v) is 10.9. The number of hydrogen-bond donors (Lipinski definition) is 2. The SMILES string of the molecule is Cc1noc(-c2ccc(O)cc2O)c1-c1ccccc1.[HH]. The molecule has 4 nitrogen and oxygen atoms in total. The Balaban J connectivity index is 0.00000161. The van der Waals surface area contributed by atoms with Gasteiger partial charge < -0.3 is 14.7 Å². The molecule has 0 spiro atoms. The van der Waals surface area contributed by atoms with Crippen LogP contribution in [0.15, 0.2) is 53.1 Å². The number of phenolic OH excluding ortho intramolecular Hbond substituents is 2. The molecule has 0 aliphatic rings. The smallest absolute Gasteiger partial charge is 0.178 e. The summed E-state index contributed by atoms with van der Waals surface area (Å²) in [5.41, 5.74) is 3.06. The van der Waals surface area contributed by atoms with Crippen LogP contribution in [-0.4, -0.2) is 15.4 Å². The summed E-state index contributed by atoms with van der Waals surface area (Å²) in [5, 5.41) is 23.3. The average molecular weight is 269 g/mol. The highest BCUT2D eigenvalue weighted by atomic mass is 16.5. The van der Waals surface area contributed by atoms with Gasteiger partial charge in [0.1, 0.15) is 11.5 Å². The normalized spacial score (nSPS) is 10.7. The minimum absolute atomic E-state index is 0. The molecule has 4 heteroatoms. The summed E-state index contributed by atoms with van der Waals surface area (Å²) in [6, 6.07) is 14.1. The van der Waals surface area contributed by atoms with E-state index in [0.717, 1.165) is 16.8 Å². The summed E-state index contributed by atoms with van der Waals surface area (Å²) in [6.07, 6.45) is 0. The fourth-order valence-electron chi connectivity index (χ4n) is 2.21. The Morgan fingerprint density at radius 1 is 1.05 bits per heavy atom. The van der Waals surface area contributed by atoms with E-state index in [0.29, 0.717) is 11.3 Å². The first-order chi connectivity index (χ1) is 9.66. The zero-order chi connectivity index (χ0) is 14.1. The largest absolute Gasteiger partial charge is 0.508 e. The monoisotopic (exact) mass is 269 g/mol. The number of nitrogens with zero attached hydrogens (tertiary/aromatic N) is 1. The minimum atomic E-state index is -0.0432. The van der Waals surface area contributed by atoms with Crippen molar-refractivity contribution in [3.63, 3.8) is 0 Å². The van der Waals surface area contributed by atoms with Crippen LogP contribution in [-0.2, 0) is 0 Å². The predicted molar refractivity (Wildman–Crippen MR) is 77.6 cm³/mol. The Bertz CT molecular complexity index is 753. The molecular formula is C16H15NO3. The Morgan fingerprint density at radius 2 is 1.80 bits per heavy atom. The van der Waals surface area contributed by atoms with Gasteiger partial charge in [0.25, 0.3) is 0 Å². The zero-order valence-electron chi connectivity index (χ0n) is 10.9. The number of phenols is 2. The second-order valence-corrected chi connectivity index (χ2v) is 4.54. The topological polar surface area (TPSA) is 66.5 Å². The van der Waals surface area contributed by atoms with Gasteiger partial charge in [-0.1, -0.05) is 35.5 Å². The number of rotatable bonds is 2. The highest BCUT2D eigenvalue weighted by Crippen LogP contribution is 2.39. The van der Waals surface area contributed by atoms with Crippen molar-refractivity contribution in [3.8, 4) is 33.9 Å². The van der Waals surface area contributed by atoms with Gasteiger partial charge in [0.05, 0.1) is 16.8 Å². The van der Waals surface area contributed by atoms with Crippen LogP contribution in [0.2, 0.25) is 0 Å². The third-order valence-electron chi connectivity index (χ3n) is 3.15. The molecule has 0 fully saturated rings. The summed E-state index contributed by atoms with van der Waals surface area (Å²) in [5.74, 6) is 0.452. The van der Waals surface area contributed by atoms with Crippen molar-refractivity contribution in [3.05, 3.63) is 54.2 Å². The first-order valence-corrected chi connectivity index (χ1v) is 6.21. The minimum Gasteiger partial charge on any atom is -0.508 e. The van der Waals surface area contributed by atoms with Crippen LogP contribution in [0.25, 0.3) is 22.5 Å². The molecule has 1 heterocycles. The molecule has 102 valence electrons. The van der Waals surface area contributed by atoms with Gasteiger partial charge in [-0.2, -0.15) is 0 Å². The quantitative estimate of drug-likeness (QED) is 0.738. The standard InChI is InChI=1S/C16H13NO3.H2/c1-10-15(11-5-3-2-4-6-11)16(20-17-10)13-8-7-12(18)9-14(13)19;/h2-9,18-19H,1H3;1H. The van der Waals surface area contributed by atoms with Crippen molar-refractivity contribution in [2.24, 2.45) is 0 Å². The molecule has 0 radical (unpaired) electrons. The summed E-state index contributed by atoms with van der Waals surface area (Å²) in [7, 11) is 0. The van der Waals surface area contributed by atoms with Crippen LogP contribution in [0.4, 0.5) is 0 Å². The number of aryl methyl sites for hydroxylation is 1. The Morgan fingerprint density at radius 3 is 2.50 bits per heavy atom. The van der Waals surface area contributed by atoms with E-state index in [1.165, 1.54) is 12.1 Å². The van der Waals surface area contributed by atoms with Gasteiger partial charge >= 0.3 is 0 Å². The lowest BCUT2D eigenvalue weighted by atomic mass is 9.99. The Labute approximate surface area is 117 Å². The lowest BCUT2D eigenvalue weighted by molar-refractivity contribution is 0.420. The van der Waals surface area contributed by atoms with Gasteiger partial charge in [-0.25, -0.2) is 0 Å². The van der Waals surface area contributed by atoms with E-state index in [-0.39, 0.29) is 12.9 Å². The molecule has 0 saturated carbocycles. The van der Waals surface area contributed by atoms with Crippen LogP contribution < -0.4 is 0 Å². The summed E-state index contributed by atoms with van der Waals surface area (Å²) in [6.45, 7) is 1.85. The van der Waals surface area contributed by atoms with Gasteiger partial charge in [0.2, 0.25) is 0 Å². The maximum Gasteiger partial charge on any atom is 0.178 e. The van der Waals surface area contributed by atoms with Gasteiger partial charge in [0.15, 0.2) is 5.76 Å². The van der Waals surface area contributed by atoms with Crippen LogP contribution >= 0.6 is 0 Å². The number of hydrogen-bond acceptors (Lipinski definition) is 4. The third kappa shape index (κ3) is 2.01. The molecule has 3 rings (SSSR count). The van der Waals surface area contributed by atoms with E-state index in [1.54, 1.807) is 6.07 Å². The van der Waals surface area contributed by atoms with E-state index in [1.807, 2.05) is 37.3 Å². The average Bonchev–Trinajstić information content (AvgIpc) is 2.81. The summed E-state index contributed by atoms with van der Waals surface area (Å²) in [4.78, 5) is 0. The maximum absolute atomic E-state index is 9.98. The van der Waals surface area contributed by atoms with Gasteiger partial charge in [0, 0.05) is 7.49 Å². The maximum atomic E-state index is 9.98. The first-order valence-electron chi connectivity index (χ1n) is 6.21. The van der Waals surface area contributed by atoms with Crippen molar-refractivity contribution >= 4 is 0 Å². The second-order valence-electron chi connectivity index (χ2n) is 4.54. The highest BCUT2D eigenvalue weighted by molar-refractivity contribution is 5.83. The van der Waals surface area contributed by atoms with E-state index >= 15 is 0 Å². The lowest BCUT2D eigenvalue weighted by Gasteiger charge is -2.05. The Kier molecular flexibility index (Phi) is 2.91. The van der Waals surface area contributed by atoms with Crippen molar-refractivity contribution in [2.45, 2.75) is 6.92 Å². The van der Waals surface area contributed by atoms with Gasteiger partial charge in [-0.05, 0) is 24.6 Å². The number of benzene rings is 2. The fourth-order valence-corrected chi connectivity index (χ4v) is 2.21. The molecular weight excluding hydrogens is 254 g/mol. The molecule has 0 unspecified atom stereocenters. The number of aromatic hydroxyl groups is 2. The molecule has 0 saturated heterocycles. The van der Waals surface area contributed by atoms with Crippen LogP contribution in [0.1, 0.15) is 7.12 Å². The number of aromatic nitrogens is 1. The first kappa shape index (κ1) is 12.3. The van der Waals surface area contributed by atoms with Gasteiger partial charge in [-0.3, -0.25) is 0 Å². The Hall–Kier alpha value is -2.75. The van der Waals surface area contributed by atoms with Crippen LogP contribution in [0.3, 0.4) is 0 Å². The molecule has 2 aromatic carbocycles. The summed E-state index contributed by atoms with van der Waals surface area (Å²) >= 11 is 0. The lowest BCUT2D eigenvalue weighted by Crippen LogP contribution is -1.83. The van der Waals surface area contributed by atoms with Crippen molar-refractivity contribution in [2.75, 3.05) is 0 Å². The summed E-state index contributed by atoms with van der Waals surface area (Å²) < 4.78 is 5.36. The molecule has 20 heavy (non-hydrogen) atoms. The van der Waals surface area contributed by atoms with Crippen molar-refractivity contribution in [1.82, 2.24) is 5.16 Å².